The lowest BCUT2D eigenvalue weighted by atomic mass is 9.49. The van der Waals surface area contributed by atoms with E-state index in [1.165, 1.54) is 24.2 Å². The minimum atomic E-state index is -0.162. The largest absolute Gasteiger partial charge is 0.351 e. The maximum absolute atomic E-state index is 13.4. The zero-order valence-corrected chi connectivity index (χ0v) is 16.1. The van der Waals surface area contributed by atoms with Gasteiger partial charge in [-0.05, 0) is 69.1 Å². The molecule has 1 heterocycles. The van der Waals surface area contributed by atoms with Crippen LogP contribution in [0.2, 0.25) is 0 Å². The number of amides is 3. The van der Waals surface area contributed by atoms with E-state index in [1.807, 2.05) is 0 Å². The van der Waals surface area contributed by atoms with E-state index in [9.17, 15) is 14.4 Å². The Labute approximate surface area is 159 Å². The van der Waals surface area contributed by atoms with Gasteiger partial charge in [-0.3, -0.25) is 19.3 Å². The Morgan fingerprint density at radius 3 is 2.19 bits per heavy atom. The Kier molecular flexibility index (Phi) is 4.11. The molecule has 6 aliphatic rings. The van der Waals surface area contributed by atoms with Gasteiger partial charge in [-0.2, -0.15) is 0 Å². The van der Waals surface area contributed by atoms with Crippen LogP contribution in [0.15, 0.2) is 0 Å². The highest BCUT2D eigenvalue weighted by molar-refractivity contribution is 8.14. The molecule has 5 saturated carbocycles. The van der Waals surface area contributed by atoms with Crippen LogP contribution in [-0.4, -0.2) is 39.8 Å². The van der Waals surface area contributed by atoms with Gasteiger partial charge >= 0.3 is 0 Å². The lowest BCUT2D eigenvalue weighted by Gasteiger charge is -2.56. The van der Waals surface area contributed by atoms with Gasteiger partial charge in [0.25, 0.3) is 5.24 Å². The van der Waals surface area contributed by atoms with Crippen molar-refractivity contribution in [2.75, 3.05) is 5.75 Å². The SMILES string of the molecule is O=C1CSC(=O)N1C1CCCCC1NC(=O)C12CC3CC(CC(C3)C1)C2. The summed E-state index contributed by atoms with van der Waals surface area (Å²) in [4.78, 5) is 39.2. The average molecular weight is 377 g/mol. The lowest BCUT2D eigenvalue weighted by Crippen LogP contribution is -2.60. The summed E-state index contributed by atoms with van der Waals surface area (Å²) in [6, 6.07) is -0.201. The molecule has 2 unspecified atom stereocenters. The molecule has 1 N–H and O–H groups in total. The third-order valence-corrected chi connectivity index (χ3v) is 8.52. The Morgan fingerprint density at radius 1 is 1.00 bits per heavy atom. The topological polar surface area (TPSA) is 66.5 Å². The summed E-state index contributed by atoms with van der Waals surface area (Å²) in [7, 11) is 0. The van der Waals surface area contributed by atoms with E-state index in [1.54, 1.807) is 0 Å². The fraction of sp³-hybridized carbons (Fsp3) is 0.850. The number of nitrogens with zero attached hydrogens (tertiary/aromatic N) is 1. The molecule has 6 fully saturated rings. The zero-order chi connectivity index (χ0) is 17.9. The summed E-state index contributed by atoms with van der Waals surface area (Å²) < 4.78 is 0. The van der Waals surface area contributed by atoms with Crippen LogP contribution in [0.3, 0.4) is 0 Å². The average Bonchev–Trinajstić information content (AvgIpc) is 2.93. The Bertz CT molecular complexity index is 598. The monoisotopic (exact) mass is 376 g/mol. The summed E-state index contributed by atoms with van der Waals surface area (Å²) >= 11 is 1.10. The summed E-state index contributed by atoms with van der Waals surface area (Å²) in [6.45, 7) is 0. The van der Waals surface area contributed by atoms with Gasteiger partial charge in [-0.25, -0.2) is 0 Å². The second kappa shape index (κ2) is 6.25. The molecule has 6 rings (SSSR count). The van der Waals surface area contributed by atoms with Crippen molar-refractivity contribution >= 4 is 28.8 Å². The normalized spacial score (nSPS) is 44.6. The number of hydrogen-bond donors (Lipinski definition) is 1. The molecule has 0 spiro atoms. The molecule has 142 valence electrons. The van der Waals surface area contributed by atoms with E-state index in [0.29, 0.717) is 0 Å². The molecule has 0 radical (unpaired) electrons. The van der Waals surface area contributed by atoms with Gasteiger partial charge in [0, 0.05) is 11.5 Å². The molecule has 4 bridgehead atoms. The quantitative estimate of drug-likeness (QED) is 0.820. The predicted molar refractivity (Wildman–Crippen MR) is 99.5 cm³/mol. The van der Waals surface area contributed by atoms with Gasteiger partial charge in [-0.1, -0.05) is 24.6 Å². The van der Waals surface area contributed by atoms with Crippen LogP contribution < -0.4 is 5.32 Å². The number of hydrogen-bond acceptors (Lipinski definition) is 4. The second-order valence-corrected chi connectivity index (χ2v) is 10.4. The lowest BCUT2D eigenvalue weighted by molar-refractivity contribution is -0.148. The Balaban J connectivity index is 1.33. The number of rotatable bonds is 3. The first-order valence-corrected chi connectivity index (χ1v) is 11.3. The van der Waals surface area contributed by atoms with Crippen LogP contribution >= 0.6 is 11.8 Å². The first kappa shape index (κ1) is 17.1. The molecule has 5 nitrogen and oxygen atoms in total. The molecular formula is C20H28N2O3S. The van der Waals surface area contributed by atoms with E-state index in [-0.39, 0.29) is 40.3 Å². The van der Waals surface area contributed by atoms with E-state index in [2.05, 4.69) is 5.32 Å². The van der Waals surface area contributed by atoms with Crippen LogP contribution in [0.25, 0.3) is 0 Å². The van der Waals surface area contributed by atoms with Crippen molar-refractivity contribution in [2.24, 2.45) is 23.2 Å². The predicted octanol–water partition coefficient (Wildman–Crippen LogP) is 3.33. The van der Waals surface area contributed by atoms with E-state index < -0.39 is 0 Å². The van der Waals surface area contributed by atoms with Gasteiger partial charge < -0.3 is 5.32 Å². The zero-order valence-electron chi connectivity index (χ0n) is 15.2. The Morgan fingerprint density at radius 2 is 1.62 bits per heavy atom. The van der Waals surface area contributed by atoms with Crippen molar-refractivity contribution in [3.8, 4) is 0 Å². The summed E-state index contributed by atoms with van der Waals surface area (Å²) in [5.41, 5.74) is -0.162. The van der Waals surface area contributed by atoms with Crippen LogP contribution in [-0.2, 0) is 9.59 Å². The van der Waals surface area contributed by atoms with Crippen LogP contribution in [0.1, 0.15) is 64.2 Å². The van der Waals surface area contributed by atoms with Crippen LogP contribution in [0, 0.1) is 23.2 Å². The van der Waals surface area contributed by atoms with E-state index in [4.69, 9.17) is 0 Å². The van der Waals surface area contributed by atoms with E-state index >= 15 is 0 Å². The summed E-state index contributed by atoms with van der Waals surface area (Å²) in [5, 5.41) is 3.22. The summed E-state index contributed by atoms with van der Waals surface area (Å²) in [5.74, 6) is 2.62. The molecule has 1 saturated heterocycles. The van der Waals surface area contributed by atoms with Gasteiger partial charge in [0.1, 0.15) is 0 Å². The van der Waals surface area contributed by atoms with Crippen molar-refractivity contribution in [3.63, 3.8) is 0 Å². The van der Waals surface area contributed by atoms with Gasteiger partial charge in [-0.15, -0.1) is 0 Å². The van der Waals surface area contributed by atoms with Crippen molar-refractivity contribution in [1.29, 1.82) is 0 Å². The van der Waals surface area contributed by atoms with Crippen molar-refractivity contribution in [1.82, 2.24) is 10.2 Å². The van der Waals surface area contributed by atoms with Crippen molar-refractivity contribution in [3.05, 3.63) is 0 Å². The molecule has 0 aromatic carbocycles. The van der Waals surface area contributed by atoms with Crippen LogP contribution in [0.4, 0.5) is 4.79 Å². The first-order valence-electron chi connectivity index (χ1n) is 10.3. The minimum absolute atomic E-state index is 0.0594. The van der Waals surface area contributed by atoms with Gasteiger partial charge in [0.15, 0.2) is 0 Å². The molecule has 0 aromatic rings. The number of thioether (sulfide) groups is 1. The fourth-order valence-corrected chi connectivity index (χ4v) is 7.75. The van der Waals surface area contributed by atoms with Crippen LogP contribution in [0.5, 0.6) is 0 Å². The molecule has 0 aromatic heterocycles. The molecular weight excluding hydrogens is 348 g/mol. The number of nitrogens with one attached hydrogen (secondary N) is 1. The Hall–Kier alpha value is -1.04. The number of carbonyl (C=O) groups is 3. The second-order valence-electron chi connectivity index (χ2n) is 9.45. The third kappa shape index (κ3) is 2.71. The minimum Gasteiger partial charge on any atom is -0.351 e. The van der Waals surface area contributed by atoms with Gasteiger partial charge in [0.05, 0.1) is 11.8 Å². The molecule has 5 aliphatic carbocycles. The highest BCUT2D eigenvalue weighted by atomic mass is 32.2. The molecule has 3 amide bonds. The fourth-order valence-electron chi connectivity index (χ4n) is 6.98. The van der Waals surface area contributed by atoms with Crippen molar-refractivity contribution in [2.45, 2.75) is 76.3 Å². The van der Waals surface area contributed by atoms with Crippen molar-refractivity contribution < 1.29 is 14.4 Å². The van der Waals surface area contributed by atoms with E-state index in [0.717, 1.165) is 74.5 Å². The molecule has 2 atom stereocenters. The highest BCUT2D eigenvalue weighted by Crippen LogP contribution is 2.60. The maximum Gasteiger partial charge on any atom is 0.289 e. The van der Waals surface area contributed by atoms with Gasteiger partial charge in [0.2, 0.25) is 11.8 Å². The molecule has 6 heteroatoms. The third-order valence-electron chi connectivity index (χ3n) is 7.68. The standard InChI is InChI=1S/C20H28N2O3S/c23-17-11-26-19(25)22(17)16-4-2-1-3-15(16)21-18(24)20-8-12-5-13(9-20)7-14(6-12)10-20/h12-16H,1-11H2,(H,21,24). The highest BCUT2D eigenvalue weighted by Gasteiger charge is 2.55. The summed E-state index contributed by atoms with van der Waals surface area (Å²) in [6.07, 6.45) is 10.9. The number of imide groups is 1. The molecule has 26 heavy (non-hydrogen) atoms. The smallest absolute Gasteiger partial charge is 0.289 e. The first-order chi connectivity index (χ1) is 12.5. The maximum atomic E-state index is 13.4. The number of carbonyl (C=O) groups excluding carboxylic acids is 3. The molecule has 1 aliphatic heterocycles.